The topological polar surface area (TPSA) is 12.0 Å². The molecule has 0 aromatic heterocycles. The van der Waals surface area contributed by atoms with Crippen LogP contribution in [0, 0.1) is 31.6 Å². The van der Waals surface area contributed by atoms with Crippen molar-refractivity contribution < 1.29 is 0 Å². The van der Waals surface area contributed by atoms with Gasteiger partial charge in [-0.15, -0.1) is 0 Å². The fourth-order valence-electron chi connectivity index (χ4n) is 2.37. The van der Waals surface area contributed by atoms with Crippen molar-refractivity contribution in [3.05, 3.63) is 34.9 Å². The van der Waals surface area contributed by atoms with Gasteiger partial charge in [0.1, 0.15) is 0 Å². The molecule has 108 valence electrons. The van der Waals surface area contributed by atoms with Crippen molar-refractivity contribution in [1.82, 2.24) is 5.32 Å². The van der Waals surface area contributed by atoms with Crippen molar-refractivity contribution in [2.24, 2.45) is 17.8 Å². The highest BCUT2D eigenvalue weighted by Crippen LogP contribution is 2.20. The van der Waals surface area contributed by atoms with Gasteiger partial charge in [-0.1, -0.05) is 51.5 Å². The van der Waals surface area contributed by atoms with Crippen LogP contribution in [0.2, 0.25) is 0 Å². The Morgan fingerprint density at radius 3 is 2.26 bits per heavy atom. The molecule has 19 heavy (non-hydrogen) atoms. The Labute approximate surface area is 119 Å². The number of rotatable bonds is 7. The SMILES string of the molecule is Cc1ccc(C)c(CC(C)C(C)CNCC(C)C)c1. The van der Waals surface area contributed by atoms with Gasteiger partial charge in [0, 0.05) is 0 Å². The average Bonchev–Trinajstić information content (AvgIpc) is 2.33. The van der Waals surface area contributed by atoms with Crippen LogP contribution in [0.25, 0.3) is 0 Å². The normalized spacial score (nSPS) is 14.7. The second-order valence-corrected chi connectivity index (χ2v) is 6.64. The molecule has 0 saturated carbocycles. The first-order valence-corrected chi connectivity index (χ1v) is 7.67. The van der Waals surface area contributed by atoms with E-state index >= 15 is 0 Å². The van der Waals surface area contributed by atoms with Crippen LogP contribution in [0.4, 0.5) is 0 Å². The van der Waals surface area contributed by atoms with E-state index in [1.165, 1.54) is 23.1 Å². The number of nitrogens with one attached hydrogen (secondary N) is 1. The highest BCUT2D eigenvalue weighted by molar-refractivity contribution is 5.30. The van der Waals surface area contributed by atoms with Gasteiger partial charge in [0.2, 0.25) is 0 Å². The van der Waals surface area contributed by atoms with Crippen molar-refractivity contribution in [1.29, 1.82) is 0 Å². The average molecular weight is 261 g/mol. The molecule has 1 N–H and O–H groups in total. The van der Waals surface area contributed by atoms with Gasteiger partial charge in [0.05, 0.1) is 0 Å². The molecule has 2 unspecified atom stereocenters. The predicted molar refractivity (Wildman–Crippen MR) is 85.7 cm³/mol. The zero-order valence-corrected chi connectivity index (χ0v) is 13.6. The van der Waals surface area contributed by atoms with E-state index in [9.17, 15) is 0 Å². The minimum atomic E-state index is 0.721. The Kier molecular flexibility index (Phi) is 6.57. The van der Waals surface area contributed by atoms with Gasteiger partial charge in [0.25, 0.3) is 0 Å². The molecular formula is C18H31N. The van der Waals surface area contributed by atoms with Crippen LogP contribution < -0.4 is 5.32 Å². The molecule has 1 rings (SSSR count). The molecule has 0 heterocycles. The maximum absolute atomic E-state index is 3.58. The van der Waals surface area contributed by atoms with Gasteiger partial charge in [-0.05, 0) is 62.2 Å². The largest absolute Gasteiger partial charge is 0.316 e. The zero-order chi connectivity index (χ0) is 14.4. The van der Waals surface area contributed by atoms with Gasteiger partial charge in [-0.25, -0.2) is 0 Å². The van der Waals surface area contributed by atoms with Gasteiger partial charge in [0.15, 0.2) is 0 Å². The van der Waals surface area contributed by atoms with Crippen molar-refractivity contribution in [2.75, 3.05) is 13.1 Å². The lowest BCUT2D eigenvalue weighted by Crippen LogP contribution is -2.29. The number of hydrogen-bond acceptors (Lipinski definition) is 1. The molecule has 0 bridgehead atoms. The summed E-state index contributed by atoms with van der Waals surface area (Å²) in [5.74, 6) is 2.18. The summed E-state index contributed by atoms with van der Waals surface area (Å²) in [7, 11) is 0. The Balaban J connectivity index is 2.49. The molecule has 1 heteroatoms. The fraction of sp³-hybridized carbons (Fsp3) is 0.667. The summed E-state index contributed by atoms with van der Waals surface area (Å²) in [6.07, 6.45) is 1.19. The third-order valence-electron chi connectivity index (χ3n) is 4.04. The highest BCUT2D eigenvalue weighted by Gasteiger charge is 2.14. The maximum atomic E-state index is 3.58. The second-order valence-electron chi connectivity index (χ2n) is 6.64. The molecule has 1 aromatic carbocycles. The van der Waals surface area contributed by atoms with E-state index in [0.29, 0.717) is 0 Å². The second kappa shape index (κ2) is 7.69. The van der Waals surface area contributed by atoms with E-state index in [4.69, 9.17) is 0 Å². The molecule has 2 atom stereocenters. The van der Waals surface area contributed by atoms with Crippen LogP contribution in [0.1, 0.15) is 44.4 Å². The molecule has 0 fully saturated rings. The first-order valence-electron chi connectivity index (χ1n) is 7.67. The van der Waals surface area contributed by atoms with Crippen molar-refractivity contribution in [3.63, 3.8) is 0 Å². The third kappa shape index (κ3) is 5.78. The van der Waals surface area contributed by atoms with E-state index in [2.05, 4.69) is 65.1 Å². The predicted octanol–water partition coefficient (Wildman–Crippen LogP) is 4.36. The Morgan fingerprint density at radius 1 is 0.947 bits per heavy atom. The Hall–Kier alpha value is -0.820. The highest BCUT2D eigenvalue weighted by atomic mass is 14.9. The minimum Gasteiger partial charge on any atom is -0.316 e. The fourth-order valence-corrected chi connectivity index (χ4v) is 2.37. The van der Waals surface area contributed by atoms with Crippen LogP contribution in [0.5, 0.6) is 0 Å². The summed E-state index contributed by atoms with van der Waals surface area (Å²) in [4.78, 5) is 0. The smallest absolute Gasteiger partial charge is 0.00204 e. The monoisotopic (exact) mass is 261 g/mol. The minimum absolute atomic E-state index is 0.721. The molecule has 0 amide bonds. The van der Waals surface area contributed by atoms with E-state index in [0.717, 1.165) is 30.8 Å². The molecule has 0 aliphatic rings. The van der Waals surface area contributed by atoms with Crippen LogP contribution in [-0.4, -0.2) is 13.1 Å². The molecule has 0 aliphatic heterocycles. The Bertz CT molecular complexity index is 381. The van der Waals surface area contributed by atoms with Crippen LogP contribution in [0.3, 0.4) is 0 Å². The summed E-state index contributed by atoms with van der Waals surface area (Å²) >= 11 is 0. The lowest BCUT2D eigenvalue weighted by molar-refractivity contribution is 0.357. The molecular weight excluding hydrogens is 230 g/mol. The van der Waals surface area contributed by atoms with Crippen molar-refractivity contribution in [3.8, 4) is 0 Å². The molecule has 0 aliphatic carbocycles. The number of hydrogen-bond donors (Lipinski definition) is 1. The van der Waals surface area contributed by atoms with E-state index in [1.54, 1.807) is 0 Å². The third-order valence-corrected chi connectivity index (χ3v) is 4.04. The van der Waals surface area contributed by atoms with Gasteiger partial charge >= 0.3 is 0 Å². The molecule has 1 aromatic rings. The van der Waals surface area contributed by atoms with Gasteiger partial charge in [-0.2, -0.15) is 0 Å². The van der Waals surface area contributed by atoms with Crippen LogP contribution in [0.15, 0.2) is 18.2 Å². The van der Waals surface area contributed by atoms with E-state index in [1.807, 2.05) is 0 Å². The summed E-state index contributed by atoms with van der Waals surface area (Å²) in [6.45, 7) is 15.9. The summed E-state index contributed by atoms with van der Waals surface area (Å²) in [5, 5.41) is 3.58. The summed E-state index contributed by atoms with van der Waals surface area (Å²) in [6, 6.07) is 6.80. The molecule has 0 spiro atoms. The van der Waals surface area contributed by atoms with Gasteiger partial charge < -0.3 is 5.32 Å². The summed E-state index contributed by atoms with van der Waals surface area (Å²) < 4.78 is 0. The van der Waals surface area contributed by atoms with Crippen LogP contribution in [-0.2, 0) is 6.42 Å². The number of aryl methyl sites for hydroxylation is 2. The molecule has 0 radical (unpaired) electrons. The lowest BCUT2D eigenvalue weighted by Gasteiger charge is -2.22. The van der Waals surface area contributed by atoms with Crippen LogP contribution >= 0.6 is 0 Å². The Morgan fingerprint density at radius 2 is 1.63 bits per heavy atom. The zero-order valence-electron chi connectivity index (χ0n) is 13.6. The first kappa shape index (κ1) is 16.2. The van der Waals surface area contributed by atoms with Crippen molar-refractivity contribution >= 4 is 0 Å². The first-order chi connectivity index (χ1) is 8.90. The van der Waals surface area contributed by atoms with E-state index < -0.39 is 0 Å². The molecule has 1 nitrogen and oxygen atoms in total. The van der Waals surface area contributed by atoms with Crippen molar-refractivity contribution in [2.45, 2.75) is 48.0 Å². The van der Waals surface area contributed by atoms with Gasteiger partial charge in [-0.3, -0.25) is 0 Å². The van der Waals surface area contributed by atoms with E-state index in [-0.39, 0.29) is 0 Å². The number of benzene rings is 1. The maximum Gasteiger partial charge on any atom is -0.00204 e. The standard InChI is InChI=1S/C18H31N/c1-13(2)11-19-12-17(6)16(5)10-18-9-14(3)7-8-15(18)4/h7-9,13,16-17,19H,10-12H2,1-6H3. The molecule has 0 saturated heterocycles. The quantitative estimate of drug-likeness (QED) is 0.769. The summed E-state index contributed by atoms with van der Waals surface area (Å²) in [5.41, 5.74) is 4.32. The lowest BCUT2D eigenvalue weighted by atomic mass is 9.87.